The van der Waals surface area contributed by atoms with Gasteiger partial charge in [0, 0.05) is 36.6 Å². The number of piperidine rings is 1. The van der Waals surface area contributed by atoms with Crippen molar-refractivity contribution in [2.75, 3.05) is 26.7 Å². The summed E-state index contributed by atoms with van der Waals surface area (Å²) in [7, 11) is 1.32. The van der Waals surface area contributed by atoms with Crippen molar-refractivity contribution in [2.45, 2.75) is 18.4 Å². The highest BCUT2D eigenvalue weighted by Crippen LogP contribution is 2.21. The Morgan fingerprint density at radius 3 is 2.67 bits per heavy atom. The van der Waals surface area contributed by atoms with Crippen LogP contribution in [0.1, 0.15) is 33.6 Å². The molecule has 1 atom stereocenters. The Bertz CT molecular complexity index is 814. The first-order chi connectivity index (χ1) is 13.0. The van der Waals surface area contributed by atoms with Crippen molar-refractivity contribution in [3.63, 3.8) is 0 Å². The summed E-state index contributed by atoms with van der Waals surface area (Å²) in [5, 5.41) is 16.4. The van der Waals surface area contributed by atoms with E-state index in [-0.39, 0.29) is 12.5 Å². The molecule has 27 heavy (non-hydrogen) atoms. The second kappa shape index (κ2) is 8.28. The SMILES string of the molecule is COC(=O)c1cncc(-c2ccc(C(=O)NCC3(O)CCCNC3)cc2)c1. The number of nitrogens with one attached hydrogen (secondary N) is 2. The van der Waals surface area contributed by atoms with Crippen LogP contribution in [0.3, 0.4) is 0 Å². The number of nitrogens with zero attached hydrogens (tertiary/aromatic N) is 1. The van der Waals surface area contributed by atoms with Crippen molar-refractivity contribution in [2.24, 2.45) is 0 Å². The van der Waals surface area contributed by atoms with E-state index in [1.165, 1.54) is 13.3 Å². The number of amides is 1. The molecular weight excluding hydrogens is 346 g/mol. The molecule has 0 radical (unpaired) electrons. The number of hydrogen-bond acceptors (Lipinski definition) is 6. The third kappa shape index (κ3) is 4.69. The number of ether oxygens (including phenoxy) is 1. The number of rotatable bonds is 5. The molecule has 1 aromatic heterocycles. The summed E-state index contributed by atoms with van der Waals surface area (Å²) in [6.07, 6.45) is 4.65. The van der Waals surface area contributed by atoms with Crippen molar-refractivity contribution < 1.29 is 19.4 Å². The maximum absolute atomic E-state index is 12.3. The van der Waals surface area contributed by atoms with Crippen LogP contribution in [-0.4, -0.2) is 54.3 Å². The Morgan fingerprint density at radius 2 is 2.00 bits per heavy atom. The summed E-state index contributed by atoms with van der Waals surface area (Å²) in [5.74, 6) is -0.683. The zero-order valence-electron chi connectivity index (χ0n) is 15.2. The van der Waals surface area contributed by atoms with Crippen LogP contribution in [0.2, 0.25) is 0 Å². The number of aliphatic hydroxyl groups is 1. The van der Waals surface area contributed by atoms with Gasteiger partial charge in [-0.25, -0.2) is 4.79 Å². The van der Waals surface area contributed by atoms with E-state index in [2.05, 4.69) is 15.6 Å². The first-order valence-corrected chi connectivity index (χ1v) is 8.86. The van der Waals surface area contributed by atoms with E-state index in [1.54, 1.807) is 36.5 Å². The molecular formula is C20H23N3O4. The van der Waals surface area contributed by atoms with Crippen molar-refractivity contribution in [1.29, 1.82) is 0 Å². The largest absolute Gasteiger partial charge is 0.465 e. The summed E-state index contributed by atoms with van der Waals surface area (Å²) in [4.78, 5) is 28.0. The number of benzene rings is 1. The molecule has 3 N–H and O–H groups in total. The van der Waals surface area contributed by atoms with Gasteiger partial charge >= 0.3 is 5.97 Å². The first kappa shape index (κ1) is 19.0. The molecule has 1 fully saturated rings. The fraction of sp³-hybridized carbons (Fsp3) is 0.350. The Balaban J connectivity index is 1.66. The fourth-order valence-electron chi connectivity index (χ4n) is 3.09. The lowest BCUT2D eigenvalue weighted by Crippen LogP contribution is -2.52. The van der Waals surface area contributed by atoms with Gasteiger partial charge in [0.1, 0.15) is 0 Å². The number of aromatic nitrogens is 1. The second-order valence-electron chi connectivity index (χ2n) is 6.72. The van der Waals surface area contributed by atoms with Gasteiger partial charge in [-0.15, -0.1) is 0 Å². The highest BCUT2D eigenvalue weighted by atomic mass is 16.5. The molecule has 7 heteroatoms. The number of β-amino-alcohol motifs (C(OH)–C–C–N with tert-alkyl or cyclic N) is 1. The molecule has 0 bridgehead atoms. The van der Waals surface area contributed by atoms with Gasteiger partial charge in [-0.05, 0) is 43.1 Å². The van der Waals surface area contributed by atoms with Crippen molar-refractivity contribution in [3.8, 4) is 11.1 Å². The zero-order valence-corrected chi connectivity index (χ0v) is 15.2. The second-order valence-corrected chi connectivity index (χ2v) is 6.72. The lowest BCUT2D eigenvalue weighted by atomic mass is 9.94. The Hall–Kier alpha value is -2.77. The lowest BCUT2D eigenvalue weighted by molar-refractivity contribution is 0.0170. The highest BCUT2D eigenvalue weighted by molar-refractivity contribution is 5.95. The van der Waals surface area contributed by atoms with E-state index < -0.39 is 11.6 Å². The maximum atomic E-state index is 12.3. The van der Waals surface area contributed by atoms with E-state index in [4.69, 9.17) is 4.74 Å². The third-order valence-corrected chi connectivity index (χ3v) is 4.67. The molecule has 2 heterocycles. The summed E-state index contributed by atoms with van der Waals surface area (Å²) in [6.45, 7) is 1.59. The molecule has 3 rings (SSSR count). The topological polar surface area (TPSA) is 101 Å². The highest BCUT2D eigenvalue weighted by Gasteiger charge is 2.29. The Kier molecular flexibility index (Phi) is 5.83. The Labute approximate surface area is 157 Å². The van der Waals surface area contributed by atoms with E-state index in [1.807, 2.05) is 0 Å². The van der Waals surface area contributed by atoms with Crippen molar-refractivity contribution >= 4 is 11.9 Å². The van der Waals surface area contributed by atoms with Crippen LogP contribution < -0.4 is 10.6 Å². The molecule has 1 aliphatic heterocycles. The summed E-state index contributed by atoms with van der Waals surface area (Å²) in [5.41, 5.74) is 1.56. The quantitative estimate of drug-likeness (QED) is 0.689. The molecule has 0 saturated carbocycles. The summed E-state index contributed by atoms with van der Waals surface area (Å²) in [6, 6.07) is 8.70. The molecule has 1 aromatic carbocycles. The van der Waals surface area contributed by atoms with E-state index in [0.717, 1.165) is 24.1 Å². The van der Waals surface area contributed by atoms with Gasteiger partial charge in [0.2, 0.25) is 0 Å². The number of methoxy groups -OCH3 is 1. The van der Waals surface area contributed by atoms with E-state index >= 15 is 0 Å². The molecule has 142 valence electrons. The number of hydrogen-bond donors (Lipinski definition) is 3. The van der Waals surface area contributed by atoms with Gasteiger partial charge in [0.05, 0.1) is 18.3 Å². The van der Waals surface area contributed by atoms with Crippen LogP contribution in [-0.2, 0) is 4.74 Å². The first-order valence-electron chi connectivity index (χ1n) is 8.86. The molecule has 1 amide bonds. The normalized spacial score (nSPS) is 19.3. The predicted octanol–water partition coefficient (Wildman–Crippen LogP) is 1.38. The van der Waals surface area contributed by atoms with Gasteiger partial charge < -0.3 is 20.5 Å². The summed E-state index contributed by atoms with van der Waals surface area (Å²) < 4.78 is 4.71. The number of carbonyl (C=O) groups excluding carboxylic acids is 2. The lowest BCUT2D eigenvalue weighted by Gasteiger charge is -2.32. The standard InChI is InChI=1S/C20H23N3O4/c1-27-19(25)17-9-16(10-22-11-17)14-3-5-15(6-4-14)18(24)23-13-20(26)7-2-8-21-12-20/h3-6,9-11,21,26H,2,7-8,12-13H2,1H3,(H,23,24). The number of esters is 1. The molecule has 0 spiro atoms. The van der Waals surface area contributed by atoms with Gasteiger partial charge in [-0.2, -0.15) is 0 Å². The predicted molar refractivity (Wildman–Crippen MR) is 100 cm³/mol. The van der Waals surface area contributed by atoms with Crippen LogP contribution in [0.4, 0.5) is 0 Å². The maximum Gasteiger partial charge on any atom is 0.339 e. The van der Waals surface area contributed by atoms with Crippen LogP contribution >= 0.6 is 0 Å². The monoisotopic (exact) mass is 369 g/mol. The minimum atomic E-state index is -0.895. The average molecular weight is 369 g/mol. The van der Waals surface area contributed by atoms with Gasteiger partial charge in [-0.1, -0.05) is 12.1 Å². The minimum absolute atomic E-state index is 0.214. The number of pyridine rings is 1. The van der Waals surface area contributed by atoms with Crippen LogP contribution in [0, 0.1) is 0 Å². The number of carbonyl (C=O) groups is 2. The summed E-state index contributed by atoms with van der Waals surface area (Å²) >= 11 is 0. The van der Waals surface area contributed by atoms with Crippen molar-refractivity contribution in [1.82, 2.24) is 15.6 Å². The van der Waals surface area contributed by atoms with Crippen LogP contribution in [0.25, 0.3) is 11.1 Å². The molecule has 0 aliphatic carbocycles. The van der Waals surface area contributed by atoms with Crippen LogP contribution in [0.5, 0.6) is 0 Å². The van der Waals surface area contributed by atoms with Gasteiger partial charge in [0.15, 0.2) is 0 Å². The van der Waals surface area contributed by atoms with Gasteiger partial charge in [0.25, 0.3) is 5.91 Å². The van der Waals surface area contributed by atoms with Crippen LogP contribution in [0.15, 0.2) is 42.7 Å². The Morgan fingerprint density at radius 1 is 1.22 bits per heavy atom. The zero-order chi connectivity index (χ0) is 19.3. The molecule has 2 aromatic rings. The van der Waals surface area contributed by atoms with Crippen molar-refractivity contribution in [3.05, 3.63) is 53.9 Å². The van der Waals surface area contributed by atoms with E-state index in [9.17, 15) is 14.7 Å². The fourth-order valence-corrected chi connectivity index (χ4v) is 3.09. The van der Waals surface area contributed by atoms with Gasteiger partial charge in [-0.3, -0.25) is 9.78 Å². The average Bonchev–Trinajstić information content (AvgIpc) is 2.72. The molecule has 1 unspecified atom stereocenters. The molecule has 1 aliphatic rings. The van der Waals surface area contributed by atoms with E-state index in [0.29, 0.717) is 24.1 Å². The minimum Gasteiger partial charge on any atom is -0.465 e. The smallest absolute Gasteiger partial charge is 0.339 e. The molecule has 7 nitrogen and oxygen atoms in total. The third-order valence-electron chi connectivity index (χ3n) is 4.67. The molecule has 1 saturated heterocycles.